The molecule has 2 aromatic carbocycles. The molecule has 7 nitrogen and oxygen atoms in total. The molecule has 2 saturated heterocycles. The van der Waals surface area contributed by atoms with E-state index in [1.165, 1.54) is 0 Å². The first-order valence-corrected chi connectivity index (χ1v) is 9.83. The number of anilines is 3. The van der Waals surface area contributed by atoms with Crippen LogP contribution in [-0.2, 0) is 14.3 Å². The third-order valence-electron chi connectivity index (χ3n) is 5.39. The quantitative estimate of drug-likeness (QED) is 0.842. The molecule has 0 radical (unpaired) electrons. The highest BCUT2D eigenvalue weighted by Crippen LogP contribution is 2.34. The predicted molar refractivity (Wildman–Crippen MR) is 112 cm³/mol. The second-order valence-electron chi connectivity index (χ2n) is 7.18. The summed E-state index contributed by atoms with van der Waals surface area (Å²) in [6.45, 7) is 3.26. The van der Waals surface area contributed by atoms with E-state index in [-0.39, 0.29) is 18.2 Å². The van der Waals surface area contributed by atoms with E-state index in [1.807, 2.05) is 48.5 Å². The normalized spacial score (nSPS) is 19.3. The summed E-state index contributed by atoms with van der Waals surface area (Å²) in [5.74, 6) is -0.00250. The molecule has 1 atom stereocenters. The molecule has 0 unspecified atom stereocenters. The van der Waals surface area contributed by atoms with Gasteiger partial charge in [0.1, 0.15) is 5.75 Å². The van der Waals surface area contributed by atoms with Crippen molar-refractivity contribution in [2.24, 2.45) is 5.92 Å². The highest BCUT2D eigenvalue weighted by molar-refractivity contribution is 6.05. The molecule has 2 aliphatic rings. The van der Waals surface area contributed by atoms with Crippen molar-refractivity contribution in [3.8, 4) is 5.75 Å². The summed E-state index contributed by atoms with van der Waals surface area (Å²) in [6, 6.07) is 15.1. The molecular formula is C22H25N3O4. The number of nitrogens with zero attached hydrogens (tertiary/aromatic N) is 2. The number of amides is 2. The number of carbonyl (C=O) groups excluding carboxylic acids is 2. The topological polar surface area (TPSA) is 71.1 Å². The van der Waals surface area contributed by atoms with Crippen LogP contribution in [0, 0.1) is 5.92 Å². The lowest BCUT2D eigenvalue weighted by atomic mass is 10.1. The molecule has 4 rings (SSSR count). The number of morpholine rings is 1. The SMILES string of the molecule is COc1ccccc1N1C[C@H](C(=O)Nc2ccccc2N2CCOCC2)CC1=O. The van der Waals surface area contributed by atoms with E-state index in [0.29, 0.717) is 31.2 Å². The van der Waals surface area contributed by atoms with E-state index < -0.39 is 5.92 Å². The van der Waals surface area contributed by atoms with Crippen LogP contribution < -0.4 is 19.9 Å². The Kier molecular flexibility index (Phi) is 5.67. The van der Waals surface area contributed by atoms with Gasteiger partial charge in [0.2, 0.25) is 11.8 Å². The average Bonchev–Trinajstić information content (AvgIpc) is 3.16. The highest BCUT2D eigenvalue weighted by atomic mass is 16.5. The number of benzene rings is 2. The van der Waals surface area contributed by atoms with Gasteiger partial charge in [-0.3, -0.25) is 9.59 Å². The lowest BCUT2D eigenvalue weighted by molar-refractivity contribution is -0.122. The minimum Gasteiger partial charge on any atom is -0.495 e. The van der Waals surface area contributed by atoms with Crippen LogP contribution in [0.3, 0.4) is 0 Å². The summed E-state index contributed by atoms with van der Waals surface area (Å²) in [5, 5.41) is 3.04. The highest BCUT2D eigenvalue weighted by Gasteiger charge is 2.36. The van der Waals surface area contributed by atoms with Gasteiger partial charge < -0.3 is 24.6 Å². The number of methoxy groups -OCH3 is 1. The maximum Gasteiger partial charge on any atom is 0.229 e. The Balaban J connectivity index is 1.48. The summed E-state index contributed by atoms with van der Waals surface area (Å²) in [5.41, 5.74) is 2.45. The number of nitrogens with one attached hydrogen (secondary N) is 1. The number of ether oxygens (including phenoxy) is 2. The summed E-state index contributed by atoms with van der Waals surface area (Å²) in [6.07, 6.45) is 0.184. The van der Waals surface area contributed by atoms with E-state index in [4.69, 9.17) is 9.47 Å². The van der Waals surface area contributed by atoms with Gasteiger partial charge in [-0.1, -0.05) is 24.3 Å². The molecule has 0 bridgehead atoms. The molecule has 0 spiro atoms. The van der Waals surface area contributed by atoms with Crippen molar-refractivity contribution >= 4 is 28.9 Å². The van der Waals surface area contributed by atoms with Gasteiger partial charge in [0.15, 0.2) is 0 Å². The largest absolute Gasteiger partial charge is 0.495 e. The average molecular weight is 395 g/mol. The third-order valence-corrected chi connectivity index (χ3v) is 5.39. The predicted octanol–water partition coefficient (Wildman–Crippen LogP) is 2.52. The Labute approximate surface area is 170 Å². The van der Waals surface area contributed by atoms with Crippen LogP contribution in [0.15, 0.2) is 48.5 Å². The molecule has 29 heavy (non-hydrogen) atoms. The number of hydrogen-bond donors (Lipinski definition) is 1. The zero-order chi connectivity index (χ0) is 20.2. The van der Waals surface area contributed by atoms with E-state index in [9.17, 15) is 9.59 Å². The minimum atomic E-state index is -0.412. The van der Waals surface area contributed by atoms with Crippen molar-refractivity contribution in [1.29, 1.82) is 0 Å². The van der Waals surface area contributed by atoms with Crippen molar-refractivity contribution in [1.82, 2.24) is 0 Å². The molecule has 0 aromatic heterocycles. The van der Waals surface area contributed by atoms with Gasteiger partial charge in [0, 0.05) is 26.1 Å². The molecule has 0 aliphatic carbocycles. The van der Waals surface area contributed by atoms with Crippen molar-refractivity contribution in [3.63, 3.8) is 0 Å². The Bertz CT molecular complexity index is 895. The second kappa shape index (κ2) is 8.53. The zero-order valence-electron chi connectivity index (χ0n) is 16.5. The van der Waals surface area contributed by atoms with Crippen LogP contribution in [0.1, 0.15) is 6.42 Å². The van der Waals surface area contributed by atoms with Crippen LogP contribution in [0.5, 0.6) is 5.75 Å². The lowest BCUT2D eigenvalue weighted by Gasteiger charge is -2.30. The maximum atomic E-state index is 13.0. The maximum absolute atomic E-state index is 13.0. The zero-order valence-corrected chi connectivity index (χ0v) is 16.5. The first-order chi connectivity index (χ1) is 14.2. The first kappa shape index (κ1) is 19.3. The monoisotopic (exact) mass is 395 g/mol. The van der Waals surface area contributed by atoms with Crippen LogP contribution in [0.4, 0.5) is 17.1 Å². The molecular weight excluding hydrogens is 370 g/mol. The van der Waals surface area contributed by atoms with Crippen LogP contribution >= 0.6 is 0 Å². The number of hydrogen-bond acceptors (Lipinski definition) is 5. The molecule has 7 heteroatoms. The second-order valence-corrected chi connectivity index (χ2v) is 7.18. The lowest BCUT2D eigenvalue weighted by Crippen LogP contribution is -2.37. The smallest absolute Gasteiger partial charge is 0.229 e. The fourth-order valence-corrected chi connectivity index (χ4v) is 3.86. The number of para-hydroxylation sites is 4. The summed E-state index contributed by atoms with van der Waals surface area (Å²) in [7, 11) is 1.58. The summed E-state index contributed by atoms with van der Waals surface area (Å²) < 4.78 is 10.8. The Morgan fingerprint density at radius 1 is 1.07 bits per heavy atom. The van der Waals surface area contributed by atoms with Crippen molar-refractivity contribution < 1.29 is 19.1 Å². The Hall–Kier alpha value is -3.06. The van der Waals surface area contributed by atoms with Gasteiger partial charge in [-0.2, -0.15) is 0 Å². The van der Waals surface area contributed by atoms with Gasteiger partial charge in [-0.25, -0.2) is 0 Å². The summed E-state index contributed by atoms with van der Waals surface area (Å²) in [4.78, 5) is 29.4. The van der Waals surface area contributed by atoms with Gasteiger partial charge in [-0.05, 0) is 24.3 Å². The van der Waals surface area contributed by atoms with Gasteiger partial charge >= 0.3 is 0 Å². The molecule has 0 saturated carbocycles. The van der Waals surface area contributed by atoms with Gasteiger partial charge in [0.05, 0.1) is 43.3 Å². The van der Waals surface area contributed by atoms with E-state index in [1.54, 1.807) is 12.0 Å². The Morgan fingerprint density at radius 2 is 1.76 bits per heavy atom. The number of carbonyl (C=O) groups is 2. The van der Waals surface area contributed by atoms with Crippen molar-refractivity contribution in [2.45, 2.75) is 6.42 Å². The molecule has 152 valence electrons. The van der Waals surface area contributed by atoms with Crippen molar-refractivity contribution in [2.75, 3.05) is 55.1 Å². The molecule has 2 amide bonds. The third kappa shape index (κ3) is 4.05. The molecule has 1 N–H and O–H groups in total. The standard InChI is InChI=1S/C22H25N3O4/c1-28-20-9-5-4-8-19(20)25-15-16(14-21(25)26)22(27)23-17-6-2-3-7-18(17)24-10-12-29-13-11-24/h2-9,16H,10-15H2,1H3,(H,23,27)/t16-/m1/s1. The van der Waals surface area contributed by atoms with E-state index in [2.05, 4.69) is 10.2 Å². The molecule has 2 aromatic rings. The van der Waals surface area contributed by atoms with Crippen LogP contribution in [-0.4, -0.2) is 51.8 Å². The van der Waals surface area contributed by atoms with Gasteiger partial charge in [-0.15, -0.1) is 0 Å². The minimum absolute atomic E-state index is 0.0730. The molecule has 2 heterocycles. The fourth-order valence-electron chi connectivity index (χ4n) is 3.86. The van der Waals surface area contributed by atoms with E-state index >= 15 is 0 Å². The Morgan fingerprint density at radius 3 is 2.52 bits per heavy atom. The summed E-state index contributed by atoms with van der Waals surface area (Å²) >= 11 is 0. The number of rotatable bonds is 5. The van der Waals surface area contributed by atoms with Crippen LogP contribution in [0.25, 0.3) is 0 Å². The van der Waals surface area contributed by atoms with E-state index in [0.717, 1.165) is 24.5 Å². The van der Waals surface area contributed by atoms with Gasteiger partial charge in [0.25, 0.3) is 0 Å². The molecule has 2 aliphatic heterocycles. The van der Waals surface area contributed by atoms with Crippen molar-refractivity contribution in [3.05, 3.63) is 48.5 Å². The fraction of sp³-hybridized carbons (Fsp3) is 0.364. The first-order valence-electron chi connectivity index (χ1n) is 9.83. The molecule has 2 fully saturated rings. The van der Waals surface area contributed by atoms with Crippen LogP contribution in [0.2, 0.25) is 0 Å².